The summed E-state index contributed by atoms with van der Waals surface area (Å²) < 4.78 is 2.69. The van der Waals surface area contributed by atoms with Crippen molar-refractivity contribution in [3.05, 3.63) is 106 Å². The van der Waals surface area contributed by atoms with Crippen LogP contribution < -0.4 is 21.6 Å². The van der Waals surface area contributed by atoms with E-state index in [2.05, 4.69) is 27.0 Å². The van der Waals surface area contributed by atoms with Crippen molar-refractivity contribution in [1.82, 2.24) is 19.0 Å². The lowest BCUT2D eigenvalue weighted by Crippen LogP contribution is -2.26. The molecule has 0 atom stereocenters. The molecule has 2 aromatic heterocycles. The van der Waals surface area contributed by atoms with Gasteiger partial charge in [-0.2, -0.15) is 0 Å². The largest absolute Gasteiger partial charge is 0.382 e. The molecule has 2 amide bonds. The number of nitrogens with two attached hydrogens (primary N) is 1. The normalized spacial score (nSPS) is 11.6. The van der Waals surface area contributed by atoms with Gasteiger partial charge in [0.05, 0.1) is 16.4 Å². The van der Waals surface area contributed by atoms with Gasteiger partial charge in [-0.3, -0.25) is 19.1 Å². The first-order valence-electron chi connectivity index (χ1n) is 13.4. The second-order valence-electron chi connectivity index (χ2n) is 9.84. The van der Waals surface area contributed by atoms with E-state index in [1.807, 2.05) is 19.0 Å². The Kier molecular flexibility index (Phi) is 9.88. The Bertz CT molecular complexity index is 1800. The minimum atomic E-state index is -0.506. The van der Waals surface area contributed by atoms with E-state index in [1.54, 1.807) is 73.8 Å². The second-order valence-corrected chi connectivity index (χ2v) is 10.3. The fraction of sp³-hybridized carbons (Fsp3) is 0.161. The van der Waals surface area contributed by atoms with E-state index in [9.17, 15) is 14.4 Å². The molecule has 44 heavy (non-hydrogen) atoms. The number of amides is 2. The monoisotopic (exact) mass is 613 g/mol. The molecule has 4 aromatic rings. The molecule has 0 aliphatic carbocycles. The lowest BCUT2D eigenvalue weighted by atomic mass is 10.2. The predicted molar refractivity (Wildman–Crippen MR) is 176 cm³/mol. The molecule has 0 spiro atoms. The van der Waals surface area contributed by atoms with Gasteiger partial charge in [0.1, 0.15) is 17.3 Å². The molecule has 0 fully saturated rings. The third-order valence-electron chi connectivity index (χ3n) is 6.56. The molecule has 12 nitrogen and oxygen atoms in total. The topological polar surface area (TPSA) is 143 Å². The van der Waals surface area contributed by atoms with Crippen LogP contribution in [0.3, 0.4) is 0 Å². The fourth-order valence-corrected chi connectivity index (χ4v) is 4.40. The van der Waals surface area contributed by atoms with Gasteiger partial charge < -0.3 is 20.9 Å². The van der Waals surface area contributed by atoms with Crippen molar-refractivity contribution in [1.29, 1.82) is 0 Å². The van der Waals surface area contributed by atoms with Crippen molar-refractivity contribution >= 4 is 53.3 Å². The van der Waals surface area contributed by atoms with E-state index >= 15 is 0 Å². The number of carbonyl (C=O) groups excluding carboxylic acids is 2. The first-order valence-corrected chi connectivity index (χ1v) is 13.7. The predicted octanol–water partition coefficient (Wildman–Crippen LogP) is 3.68. The third kappa shape index (κ3) is 6.83. The van der Waals surface area contributed by atoms with Crippen LogP contribution in [-0.2, 0) is 4.79 Å². The van der Waals surface area contributed by atoms with Crippen LogP contribution in [0.15, 0.2) is 93.8 Å². The molecular weight excluding hydrogens is 582 g/mol. The molecule has 0 radical (unpaired) electrons. The molecule has 0 bridgehead atoms. The lowest BCUT2D eigenvalue weighted by molar-refractivity contribution is -0.113. The fourth-order valence-electron chi connectivity index (χ4n) is 4.29. The van der Waals surface area contributed by atoms with Gasteiger partial charge in [-0.15, -0.1) is 0 Å². The maximum atomic E-state index is 14.0. The zero-order valence-electron chi connectivity index (χ0n) is 24.7. The highest BCUT2D eigenvalue weighted by atomic mass is 35.5. The number of benzene rings is 2. The van der Waals surface area contributed by atoms with Gasteiger partial charge in [0, 0.05) is 44.2 Å². The van der Waals surface area contributed by atoms with Crippen LogP contribution in [0.1, 0.15) is 16.1 Å². The van der Waals surface area contributed by atoms with Gasteiger partial charge in [-0.25, -0.2) is 19.3 Å². The van der Waals surface area contributed by atoms with Gasteiger partial charge in [-0.1, -0.05) is 23.7 Å². The summed E-state index contributed by atoms with van der Waals surface area (Å²) >= 11 is 5.87. The maximum absolute atomic E-state index is 14.0. The van der Waals surface area contributed by atoms with E-state index in [4.69, 9.17) is 17.3 Å². The molecule has 4 rings (SSSR count). The van der Waals surface area contributed by atoms with Crippen LogP contribution in [0.4, 0.5) is 17.3 Å². The van der Waals surface area contributed by atoms with Gasteiger partial charge in [0.2, 0.25) is 5.91 Å². The number of imidazole rings is 1. The lowest BCUT2D eigenvalue weighted by Gasteiger charge is -2.17. The SMILES string of the molecule is C=Nc1c(C(N)=NC)n(-c2ccc(C(=O)Nc3ccc(Cl)cn3)cc2)c(=O)n1-c1cccc(N(C)C(=O)/C=C/CN(C)C)c1. The summed E-state index contributed by atoms with van der Waals surface area (Å²) in [7, 11) is 6.97. The number of pyridine rings is 1. The Morgan fingerprint density at radius 2 is 1.80 bits per heavy atom. The number of hydrogen-bond donors (Lipinski definition) is 2. The minimum absolute atomic E-state index is 0.0494. The number of rotatable bonds is 10. The highest BCUT2D eigenvalue weighted by molar-refractivity contribution is 6.30. The maximum Gasteiger partial charge on any atom is 0.339 e. The van der Waals surface area contributed by atoms with E-state index in [0.29, 0.717) is 40.0 Å². The molecule has 0 aliphatic heterocycles. The smallest absolute Gasteiger partial charge is 0.339 e. The van der Waals surface area contributed by atoms with E-state index in [-0.39, 0.29) is 23.3 Å². The van der Waals surface area contributed by atoms with Crippen LogP contribution in [-0.4, -0.2) is 78.1 Å². The molecule has 13 heteroatoms. The zero-order valence-corrected chi connectivity index (χ0v) is 25.5. The van der Waals surface area contributed by atoms with Gasteiger partial charge in [0.25, 0.3) is 5.91 Å². The first kappa shape index (κ1) is 31.6. The molecule has 2 aromatic carbocycles. The summed E-state index contributed by atoms with van der Waals surface area (Å²) in [5.74, 6) is -0.0763. The highest BCUT2D eigenvalue weighted by Crippen LogP contribution is 2.27. The van der Waals surface area contributed by atoms with Crippen molar-refractivity contribution < 1.29 is 9.59 Å². The molecule has 0 saturated carbocycles. The number of aliphatic imine (C=N–C) groups is 2. The van der Waals surface area contributed by atoms with Crippen LogP contribution >= 0.6 is 11.6 Å². The molecule has 0 aliphatic rings. The van der Waals surface area contributed by atoms with Crippen molar-refractivity contribution in [2.24, 2.45) is 15.7 Å². The molecule has 3 N–H and O–H groups in total. The number of amidine groups is 1. The first-order chi connectivity index (χ1) is 21.0. The Morgan fingerprint density at radius 3 is 2.41 bits per heavy atom. The third-order valence-corrected chi connectivity index (χ3v) is 6.78. The number of carbonyl (C=O) groups is 2. The highest BCUT2D eigenvalue weighted by Gasteiger charge is 2.25. The second kappa shape index (κ2) is 13.8. The summed E-state index contributed by atoms with van der Waals surface area (Å²) in [4.78, 5) is 55.3. The summed E-state index contributed by atoms with van der Waals surface area (Å²) in [6.07, 6.45) is 4.70. The van der Waals surface area contributed by atoms with Crippen molar-refractivity contribution in [2.45, 2.75) is 0 Å². The molecule has 0 saturated heterocycles. The van der Waals surface area contributed by atoms with Crippen LogP contribution in [0.5, 0.6) is 0 Å². The minimum Gasteiger partial charge on any atom is -0.382 e. The number of anilines is 2. The Labute approximate surface area is 259 Å². The van der Waals surface area contributed by atoms with Gasteiger partial charge in [-0.05, 0) is 75.4 Å². The Hall–Kier alpha value is -5.33. The summed E-state index contributed by atoms with van der Waals surface area (Å²) in [6, 6.07) is 16.5. The van der Waals surface area contributed by atoms with E-state index in [0.717, 1.165) is 0 Å². The summed E-state index contributed by atoms with van der Waals surface area (Å²) in [5.41, 5.74) is 7.72. The van der Waals surface area contributed by atoms with Gasteiger partial charge in [0.15, 0.2) is 5.82 Å². The van der Waals surface area contributed by atoms with Crippen LogP contribution in [0.25, 0.3) is 11.4 Å². The average molecular weight is 614 g/mol. The number of likely N-dealkylation sites (N-methyl/N-ethyl adjacent to an activating group) is 2. The molecular formula is C31H32ClN9O3. The van der Waals surface area contributed by atoms with Crippen molar-refractivity contribution in [2.75, 3.05) is 45.0 Å². The molecule has 226 valence electrons. The summed E-state index contributed by atoms with van der Waals surface area (Å²) in [5, 5.41) is 3.15. The number of hydrogen-bond acceptors (Lipinski definition) is 7. The summed E-state index contributed by atoms with van der Waals surface area (Å²) in [6.45, 7) is 4.30. The zero-order chi connectivity index (χ0) is 32.0. The van der Waals surface area contributed by atoms with Crippen molar-refractivity contribution in [3.8, 4) is 11.4 Å². The number of aromatic nitrogens is 3. The standard InChI is InChI=1S/C31H32ClN9O3/c1-34-28(33)27-29(35-2)41(24-9-6-8-23(18-24)39(5)26(42)10-7-17-38(3)4)31(44)40(27)22-14-11-20(12-15-22)30(43)37-25-16-13-21(32)19-36-25/h6-16,18-19H,2,17H2,1,3-5H3,(H2,33,34)(H,36,37,43)/b10-7+. The molecule has 2 heterocycles. The van der Waals surface area contributed by atoms with E-state index in [1.165, 1.54) is 33.4 Å². The average Bonchev–Trinajstić information content (AvgIpc) is 3.33. The van der Waals surface area contributed by atoms with Crippen molar-refractivity contribution in [3.63, 3.8) is 0 Å². The van der Waals surface area contributed by atoms with Crippen LogP contribution in [0, 0.1) is 0 Å². The Balaban J connectivity index is 1.74. The number of nitrogens with zero attached hydrogens (tertiary/aromatic N) is 7. The van der Waals surface area contributed by atoms with Gasteiger partial charge >= 0.3 is 5.69 Å². The van der Waals surface area contributed by atoms with Crippen LogP contribution in [0.2, 0.25) is 5.02 Å². The number of nitrogens with one attached hydrogen (secondary N) is 1. The molecule has 0 unspecified atom stereocenters. The Morgan fingerprint density at radius 1 is 1.07 bits per heavy atom. The number of halogens is 1. The quantitative estimate of drug-likeness (QED) is 0.159. The van der Waals surface area contributed by atoms with E-state index < -0.39 is 11.6 Å².